The Hall–Kier alpha value is -1.71. The largest absolute Gasteiger partial charge is 0.550 e. The lowest BCUT2D eigenvalue weighted by Gasteiger charge is -2.10. The predicted molar refractivity (Wildman–Crippen MR) is 130 cm³/mol. The Morgan fingerprint density at radius 1 is 0.394 bits per heavy atom. The molecular weight excluding hydrogens is 426 g/mol. The van der Waals surface area contributed by atoms with E-state index in [-0.39, 0.29) is 0 Å². The molecule has 33 heavy (non-hydrogen) atoms. The number of aliphatic carboxylic acids is 3. The molecule has 0 unspecified atom stereocenters. The van der Waals surface area contributed by atoms with Crippen LogP contribution in [0.4, 0.5) is 0 Å². The molecule has 0 saturated carbocycles. The third kappa shape index (κ3) is 91.4. The monoisotopic (exact) mass is 483 g/mol. The van der Waals surface area contributed by atoms with Crippen LogP contribution in [-0.2, 0) is 14.4 Å². The average Bonchev–Trinajstić information content (AvgIpc) is 2.72. The predicted octanol–water partition coefficient (Wildman–Crippen LogP) is -3.94. The number of hydrogen-bond acceptors (Lipinski definition) is 6. The zero-order valence-electron chi connectivity index (χ0n) is 23.8. The van der Waals surface area contributed by atoms with Crippen molar-refractivity contribution in [2.24, 2.45) is 0 Å². The van der Waals surface area contributed by atoms with Gasteiger partial charge in [0.2, 0.25) is 0 Å². The Balaban J connectivity index is -0.0000000677. The quantitative estimate of drug-likeness (QED) is 0.307. The second-order valence-electron chi connectivity index (χ2n) is 6.91. The average molecular weight is 484 g/mol. The molecule has 0 aliphatic heterocycles. The van der Waals surface area contributed by atoms with Gasteiger partial charge in [-0.05, 0) is 83.1 Å². The van der Waals surface area contributed by atoms with Crippen molar-refractivity contribution in [3.05, 3.63) is 0 Å². The SMILES string of the molecule is CC(=O)[O-].CC(=O)[O-].CC(=O)[O-].CC[NH+](CC)CC.CC[NH+](CC)CC.CC[NH+](CC)CC. The minimum absolute atomic E-state index is 0.972. The molecule has 204 valence electrons. The number of quaternary nitrogens is 3. The highest BCUT2D eigenvalue weighted by atomic mass is 16.4. The number of carboxylic acids is 3. The summed E-state index contributed by atoms with van der Waals surface area (Å²) in [6.07, 6.45) is 0. The van der Waals surface area contributed by atoms with Crippen molar-refractivity contribution in [2.75, 3.05) is 58.9 Å². The van der Waals surface area contributed by atoms with E-state index in [4.69, 9.17) is 29.7 Å². The highest BCUT2D eigenvalue weighted by Crippen LogP contribution is 1.47. The van der Waals surface area contributed by atoms with Crippen LogP contribution in [0.15, 0.2) is 0 Å². The number of carbonyl (C=O) groups excluding carboxylic acids is 3. The van der Waals surface area contributed by atoms with E-state index in [1.165, 1.54) is 58.9 Å². The van der Waals surface area contributed by atoms with Crippen LogP contribution in [0.2, 0.25) is 0 Å². The van der Waals surface area contributed by atoms with Crippen LogP contribution in [-0.4, -0.2) is 76.8 Å². The maximum absolute atomic E-state index is 8.89. The van der Waals surface area contributed by atoms with Crippen LogP contribution in [0.25, 0.3) is 0 Å². The maximum atomic E-state index is 8.89. The molecule has 0 spiro atoms. The topological polar surface area (TPSA) is 134 Å². The molecule has 3 N–H and O–H groups in total. The van der Waals surface area contributed by atoms with Gasteiger partial charge in [-0.25, -0.2) is 0 Å². The van der Waals surface area contributed by atoms with Gasteiger partial charge in [0.25, 0.3) is 0 Å². The van der Waals surface area contributed by atoms with Gasteiger partial charge in [-0.1, -0.05) is 0 Å². The summed E-state index contributed by atoms with van der Waals surface area (Å²) in [5.41, 5.74) is 0. The molecule has 0 saturated heterocycles. The molecule has 0 aromatic carbocycles. The Labute approximate surface area is 204 Å². The molecule has 0 aliphatic rings. The van der Waals surface area contributed by atoms with Crippen LogP contribution < -0.4 is 30.0 Å². The second kappa shape index (κ2) is 40.6. The summed E-state index contributed by atoms with van der Waals surface area (Å²) < 4.78 is 0. The van der Waals surface area contributed by atoms with Gasteiger partial charge >= 0.3 is 0 Å². The van der Waals surface area contributed by atoms with Crippen LogP contribution >= 0.6 is 0 Å². The van der Waals surface area contributed by atoms with Crippen LogP contribution in [0, 0.1) is 0 Å². The number of carboxylic acid groups (broad SMARTS) is 3. The van der Waals surface area contributed by atoms with E-state index in [9.17, 15) is 0 Å². The van der Waals surface area contributed by atoms with Crippen molar-refractivity contribution in [3.8, 4) is 0 Å². The van der Waals surface area contributed by atoms with Gasteiger partial charge in [0.1, 0.15) is 0 Å². The van der Waals surface area contributed by atoms with Crippen molar-refractivity contribution in [2.45, 2.75) is 83.1 Å². The lowest BCUT2D eigenvalue weighted by molar-refractivity contribution is -0.894. The Morgan fingerprint density at radius 3 is 0.455 bits per heavy atom. The third-order valence-corrected chi connectivity index (χ3v) is 4.50. The minimum Gasteiger partial charge on any atom is -0.550 e. The molecule has 0 rings (SSSR count). The lowest BCUT2D eigenvalue weighted by atomic mass is 10.5. The standard InChI is InChI=1S/3C6H15N.3C2H4O2/c3*1-4-7(5-2)6-3;3*1-2(3)4/h3*4-6H2,1-3H3;3*1H3,(H,3,4). The molecule has 0 aromatic rings. The molecule has 0 amide bonds. The number of nitrogens with one attached hydrogen (secondary N) is 3. The highest BCUT2D eigenvalue weighted by molar-refractivity contribution is 5.60. The molecule has 0 aromatic heterocycles. The zero-order chi connectivity index (χ0) is 27.8. The van der Waals surface area contributed by atoms with Gasteiger partial charge in [-0.15, -0.1) is 0 Å². The number of rotatable bonds is 9. The number of carbonyl (C=O) groups is 3. The molecule has 9 heteroatoms. The summed E-state index contributed by atoms with van der Waals surface area (Å²) in [4.78, 5) is 31.7. The van der Waals surface area contributed by atoms with Gasteiger partial charge in [-0.3, -0.25) is 0 Å². The van der Waals surface area contributed by atoms with Crippen molar-refractivity contribution in [1.29, 1.82) is 0 Å². The first-order chi connectivity index (χ1) is 15.2. The minimum atomic E-state index is -1.08. The van der Waals surface area contributed by atoms with E-state index in [0.717, 1.165) is 20.8 Å². The summed E-state index contributed by atoms with van der Waals surface area (Å²) in [5.74, 6) is -3.25. The first-order valence-corrected chi connectivity index (χ1v) is 12.3. The van der Waals surface area contributed by atoms with E-state index in [1.807, 2.05) is 0 Å². The molecular formula is C24H57N3O6. The highest BCUT2D eigenvalue weighted by Gasteiger charge is 1.94. The Morgan fingerprint density at radius 2 is 0.455 bits per heavy atom. The van der Waals surface area contributed by atoms with E-state index >= 15 is 0 Å². The van der Waals surface area contributed by atoms with Gasteiger partial charge in [-0.2, -0.15) is 0 Å². The van der Waals surface area contributed by atoms with Gasteiger partial charge in [0.05, 0.1) is 58.9 Å². The molecule has 0 aliphatic carbocycles. The zero-order valence-corrected chi connectivity index (χ0v) is 23.8. The van der Waals surface area contributed by atoms with Gasteiger partial charge in [0, 0.05) is 17.9 Å². The smallest absolute Gasteiger partial charge is 0.0742 e. The lowest BCUT2D eigenvalue weighted by Crippen LogP contribution is -3.11. The summed E-state index contributed by atoms with van der Waals surface area (Å²) in [7, 11) is 0. The first-order valence-electron chi connectivity index (χ1n) is 12.3. The Bertz CT molecular complexity index is 299. The summed E-state index contributed by atoms with van der Waals surface area (Å²) >= 11 is 0. The second-order valence-corrected chi connectivity index (χ2v) is 6.91. The van der Waals surface area contributed by atoms with Crippen LogP contribution in [0.1, 0.15) is 83.1 Å². The molecule has 0 heterocycles. The van der Waals surface area contributed by atoms with Crippen molar-refractivity contribution in [3.63, 3.8) is 0 Å². The number of hydrogen-bond donors (Lipinski definition) is 3. The third-order valence-electron chi connectivity index (χ3n) is 4.50. The van der Waals surface area contributed by atoms with Crippen LogP contribution in [0.3, 0.4) is 0 Å². The van der Waals surface area contributed by atoms with Crippen molar-refractivity contribution < 1.29 is 44.4 Å². The normalized spacial score (nSPS) is 8.82. The molecule has 0 bridgehead atoms. The fraction of sp³-hybridized carbons (Fsp3) is 0.875. The van der Waals surface area contributed by atoms with Gasteiger partial charge < -0.3 is 44.4 Å². The molecule has 0 radical (unpaired) electrons. The summed E-state index contributed by atoms with van der Waals surface area (Å²) in [5, 5.41) is 26.7. The first kappa shape index (κ1) is 44.9. The maximum Gasteiger partial charge on any atom is 0.0742 e. The molecule has 0 atom stereocenters. The fourth-order valence-electron chi connectivity index (χ4n) is 2.25. The molecule has 9 nitrogen and oxygen atoms in total. The van der Waals surface area contributed by atoms with Gasteiger partial charge in [0.15, 0.2) is 0 Å². The Kier molecular flexibility index (Phi) is 55.3. The van der Waals surface area contributed by atoms with Crippen molar-refractivity contribution in [1.82, 2.24) is 0 Å². The summed E-state index contributed by atoms with van der Waals surface area (Å²) in [6.45, 7) is 34.4. The fourth-order valence-corrected chi connectivity index (χ4v) is 2.25. The van der Waals surface area contributed by atoms with E-state index in [1.54, 1.807) is 14.7 Å². The van der Waals surface area contributed by atoms with E-state index in [0.29, 0.717) is 0 Å². The summed E-state index contributed by atoms with van der Waals surface area (Å²) in [6, 6.07) is 0. The van der Waals surface area contributed by atoms with Crippen LogP contribution in [0.5, 0.6) is 0 Å². The van der Waals surface area contributed by atoms with E-state index in [2.05, 4.69) is 62.3 Å². The van der Waals surface area contributed by atoms with Crippen molar-refractivity contribution >= 4 is 17.9 Å². The molecule has 0 fully saturated rings. The van der Waals surface area contributed by atoms with E-state index < -0.39 is 17.9 Å².